The lowest BCUT2D eigenvalue weighted by molar-refractivity contribution is 0.175. The quantitative estimate of drug-likeness (QED) is 0.534. The van der Waals surface area contributed by atoms with Crippen molar-refractivity contribution in [2.75, 3.05) is 26.3 Å². The number of nitrogens with one attached hydrogen (secondary N) is 1. The van der Waals surface area contributed by atoms with Gasteiger partial charge in [-0.3, -0.25) is 0 Å². The van der Waals surface area contributed by atoms with E-state index >= 15 is 0 Å². The molecule has 3 heteroatoms. The molecule has 0 amide bonds. The van der Waals surface area contributed by atoms with Gasteiger partial charge in [-0.25, -0.2) is 0 Å². The fourth-order valence-corrected chi connectivity index (χ4v) is 1.55. The first-order chi connectivity index (χ1) is 3.97. The normalized spacial score (nSPS) is 40.0. The summed E-state index contributed by atoms with van der Waals surface area (Å²) in [6.07, 6.45) is 0. The zero-order valence-corrected chi connectivity index (χ0v) is 6.12. The van der Waals surface area contributed by atoms with Gasteiger partial charge in [-0.2, -0.15) is 0 Å². The van der Waals surface area contributed by atoms with Crippen LogP contribution in [0, 0.1) is 11.8 Å². The Hall–Kier alpha value is 0.210. The highest BCUT2D eigenvalue weighted by Crippen LogP contribution is 2.22. The summed E-state index contributed by atoms with van der Waals surface area (Å²) in [5.74, 6) is 1.69. The van der Waals surface area contributed by atoms with E-state index in [1.54, 1.807) is 0 Å². The van der Waals surface area contributed by atoms with E-state index in [0.29, 0.717) is 0 Å². The van der Waals surface area contributed by atoms with Crippen LogP contribution in [0.1, 0.15) is 0 Å². The van der Waals surface area contributed by atoms with Gasteiger partial charge in [0.05, 0.1) is 13.2 Å². The maximum atomic E-state index is 5.27. The van der Waals surface area contributed by atoms with Gasteiger partial charge in [0, 0.05) is 24.9 Å². The fourth-order valence-electron chi connectivity index (χ4n) is 1.55. The van der Waals surface area contributed by atoms with Crippen LogP contribution in [0.3, 0.4) is 0 Å². The summed E-state index contributed by atoms with van der Waals surface area (Å²) in [5, 5.41) is 3.34. The highest BCUT2D eigenvalue weighted by atomic mass is 35.5. The number of fused-ring (bicyclic) bond motifs is 1. The van der Waals surface area contributed by atoms with Crippen molar-refractivity contribution in [2.45, 2.75) is 0 Å². The molecule has 1 N–H and O–H groups in total. The van der Waals surface area contributed by atoms with Crippen LogP contribution in [0.25, 0.3) is 0 Å². The summed E-state index contributed by atoms with van der Waals surface area (Å²) in [6, 6.07) is 0. The van der Waals surface area contributed by atoms with Crippen molar-refractivity contribution in [1.29, 1.82) is 0 Å². The molecule has 54 valence electrons. The summed E-state index contributed by atoms with van der Waals surface area (Å²) >= 11 is 0. The van der Waals surface area contributed by atoms with Gasteiger partial charge in [-0.05, 0) is 0 Å². The van der Waals surface area contributed by atoms with E-state index in [9.17, 15) is 0 Å². The number of rotatable bonds is 0. The van der Waals surface area contributed by atoms with E-state index in [-0.39, 0.29) is 12.4 Å². The Morgan fingerprint density at radius 1 is 1.11 bits per heavy atom. The molecule has 0 spiro atoms. The molecule has 0 aromatic carbocycles. The molecule has 2 aliphatic rings. The lowest BCUT2D eigenvalue weighted by atomic mass is 10.0. The second-order valence-electron chi connectivity index (χ2n) is 2.72. The van der Waals surface area contributed by atoms with Gasteiger partial charge in [0.1, 0.15) is 0 Å². The molecule has 0 aromatic heterocycles. The lowest BCUT2D eigenvalue weighted by Gasteiger charge is -1.99. The third-order valence-electron chi connectivity index (χ3n) is 2.14. The average Bonchev–Trinajstić information content (AvgIpc) is 2.15. The van der Waals surface area contributed by atoms with Crippen LogP contribution in [0.5, 0.6) is 0 Å². The molecule has 0 saturated carbocycles. The van der Waals surface area contributed by atoms with E-state index in [1.165, 1.54) is 13.1 Å². The minimum atomic E-state index is 0. The van der Waals surface area contributed by atoms with Gasteiger partial charge in [0.25, 0.3) is 0 Å². The second kappa shape index (κ2) is 2.86. The van der Waals surface area contributed by atoms with E-state index in [1.807, 2.05) is 0 Å². The SMILES string of the molecule is C1NC[C@H]2COC[C@@H]12.Cl. The summed E-state index contributed by atoms with van der Waals surface area (Å²) in [5.41, 5.74) is 0. The van der Waals surface area contributed by atoms with Crippen molar-refractivity contribution in [3.8, 4) is 0 Å². The Balaban J connectivity index is 0.000000405. The largest absolute Gasteiger partial charge is 0.381 e. The number of ether oxygens (including phenoxy) is 1. The van der Waals surface area contributed by atoms with Crippen LogP contribution in [0.15, 0.2) is 0 Å². The van der Waals surface area contributed by atoms with Crippen LogP contribution < -0.4 is 5.32 Å². The number of hydrogen-bond donors (Lipinski definition) is 1. The maximum Gasteiger partial charge on any atom is 0.0510 e. The van der Waals surface area contributed by atoms with Crippen LogP contribution in [-0.2, 0) is 4.74 Å². The standard InChI is InChI=1S/C6H11NO.ClH/c1-5-3-8-4-6(5)2-7-1;/h5-7H,1-4H2;1H/t5-,6+;. The zero-order chi connectivity index (χ0) is 5.40. The third kappa shape index (κ3) is 1.20. The topological polar surface area (TPSA) is 21.3 Å². The minimum Gasteiger partial charge on any atom is -0.381 e. The molecule has 2 saturated heterocycles. The van der Waals surface area contributed by atoms with Gasteiger partial charge < -0.3 is 10.1 Å². The molecule has 0 aliphatic carbocycles. The molecule has 0 unspecified atom stereocenters. The Morgan fingerprint density at radius 2 is 1.67 bits per heavy atom. The highest BCUT2D eigenvalue weighted by Gasteiger charge is 2.31. The van der Waals surface area contributed by atoms with E-state index in [2.05, 4.69) is 5.32 Å². The molecule has 2 aliphatic heterocycles. The predicted molar refractivity (Wildman–Crippen MR) is 37.9 cm³/mol. The van der Waals surface area contributed by atoms with Gasteiger partial charge in [-0.15, -0.1) is 12.4 Å². The van der Waals surface area contributed by atoms with Gasteiger partial charge >= 0.3 is 0 Å². The molecule has 2 atom stereocenters. The Kier molecular flexibility index (Phi) is 2.33. The summed E-state index contributed by atoms with van der Waals surface area (Å²) in [7, 11) is 0. The molecular formula is C6H12ClNO. The first kappa shape index (κ1) is 7.32. The van der Waals surface area contributed by atoms with Crippen molar-refractivity contribution >= 4 is 12.4 Å². The molecule has 2 heterocycles. The maximum absolute atomic E-state index is 5.27. The molecular weight excluding hydrogens is 138 g/mol. The molecule has 0 aromatic rings. The fraction of sp³-hybridized carbons (Fsp3) is 1.00. The summed E-state index contributed by atoms with van der Waals surface area (Å²) < 4.78 is 5.27. The summed E-state index contributed by atoms with van der Waals surface area (Å²) in [6.45, 7) is 4.37. The molecule has 2 fully saturated rings. The molecule has 0 bridgehead atoms. The van der Waals surface area contributed by atoms with Crippen molar-refractivity contribution in [2.24, 2.45) is 11.8 Å². The molecule has 0 radical (unpaired) electrons. The first-order valence-electron chi connectivity index (χ1n) is 3.25. The second-order valence-corrected chi connectivity index (χ2v) is 2.72. The van der Waals surface area contributed by atoms with Crippen LogP contribution >= 0.6 is 12.4 Å². The van der Waals surface area contributed by atoms with Gasteiger partial charge in [0.2, 0.25) is 0 Å². The van der Waals surface area contributed by atoms with Crippen molar-refractivity contribution in [3.63, 3.8) is 0 Å². The zero-order valence-electron chi connectivity index (χ0n) is 5.30. The average molecular weight is 150 g/mol. The number of halogens is 1. The predicted octanol–water partition coefficient (Wildman–Crippen LogP) is 0.274. The monoisotopic (exact) mass is 149 g/mol. The Morgan fingerprint density at radius 3 is 2.22 bits per heavy atom. The number of hydrogen-bond acceptors (Lipinski definition) is 2. The minimum absolute atomic E-state index is 0. The Bertz CT molecular complexity index is 79.1. The summed E-state index contributed by atoms with van der Waals surface area (Å²) in [4.78, 5) is 0. The van der Waals surface area contributed by atoms with Crippen molar-refractivity contribution in [1.82, 2.24) is 5.32 Å². The van der Waals surface area contributed by atoms with Crippen LogP contribution in [0.4, 0.5) is 0 Å². The van der Waals surface area contributed by atoms with E-state index in [0.717, 1.165) is 25.0 Å². The van der Waals surface area contributed by atoms with E-state index < -0.39 is 0 Å². The van der Waals surface area contributed by atoms with E-state index in [4.69, 9.17) is 4.74 Å². The molecule has 2 rings (SSSR count). The van der Waals surface area contributed by atoms with Crippen molar-refractivity contribution in [3.05, 3.63) is 0 Å². The Labute approximate surface area is 61.4 Å². The van der Waals surface area contributed by atoms with Gasteiger partial charge in [0.15, 0.2) is 0 Å². The third-order valence-corrected chi connectivity index (χ3v) is 2.14. The van der Waals surface area contributed by atoms with Crippen LogP contribution in [-0.4, -0.2) is 26.3 Å². The first-order valence-corrected chi connectivity index (χ1v) is 3.25. The molecule has 2 nitrogen and oxygen atoms in total. The van der Waals surface area contributed by atoms with Gasteiger partial charge in [-0.1, -0.05) is 0 Å². The van der Waals surface area contributed by atoms with Crippen LogP contribution in [0.2, 0.25) is 0 Å². The molecule has 9 heavy (non-hydrogen) atoms. The highest BCUT2D eigenvalue weighted by molar-refractivity contribution is 5.85. The lowest BCUT2D eigenvalue weighted by Crippen LogP contribution is -2.11. The van der Waals surface area contributed by atoms with Crippen molar-refractivity contribution < 1.29 is 4.74 Å². The smallest absolute Gasteiger partial charge is 0.0510 e.